The van der Waals surface area contributed by atoms with Gasteiger partial charge in [-0.05, 0) is 44.1 Å². The van der Waals surface area contributed by atoms with Gasteiger partial charge in [-0.2, -0.15) is 11.8 Å². The number of piperidine rings is 1. The van der Waals surface area contributed by atoms with Crippen LogP contribution in [0.15, 0.2) is 16.5 Å². The Hall–Kier alpha value is -0.980. The number of thioether (sulfide) groups is 1. The summed E-state index contributed by atoms with van der Waals surface area (Å²) in [5.74, 6) is 1.95. The van der Waals surface area contributed by atoms with Crippen molar-refractivity contribution in [1.82, 2.24) is 4.90 Å². The molecule has 2 fully saturated rings. The van der Waals surface area contributed by atoms with E-state index >= 15 is 0 Å². The molecule has 0 aliphatic carbocycles. The summed E-state index contributed by atoms with van der Waals surface area (Å²) >= 11 is 1.67. The first-order valence-electron chi connectivity index (χ1n) is 7.83. The van der Waals surface area contributed by atoms with Crippen LogP contribution in [-0.4, -0.2) is 53.6 Å². The standard InChI is InChI=1S/C16H23NO4S/c1-22-11-12-4-5-13(21-12)15(19)17-8-6-16(7-9-17)14(18)3-2-10-20-16/h4-5,14,18H,2-3,6-11H2,1H3/t14-/m0/s1. The van der Waals surface area contributed by atoms with E-state index in [1.165, 1.54) is 0 Å². The summed E-state index contributed by atoms with van der Waals surface area (Å²) in [4.78, 5) is 14.3. The quantitative estimate of drug-likeness (QED) is 0.924. The lowest BCUT2D eigenvalue weighted by Gasteiger charge is -2.46. The number of aliphatic hydroxyl groups excluding tert-OH is 1. The van der Waals surface area contributed by atoms with Gasteiger partial charge in [-0.3, -0.25) is 4.79 Å². The molecule has 1 aromatic heterocycles. The van der Waals surface area contributed by atoms with Gasteiger partial charge in [-0.25, -0.2) is 0 Å². The lowest BCUT2D eigenvalue weighted by Crippen LogP contribution is -2.56. The second-order valence-corrected chi connectivity index (χ2v) is 6.93. The largest absolute Gasteiger partial charge is 0.455 e. The van der Waals surface area contributed by atoms with E-state index in [1.807, 2.05) is 12.3 Å². The summed E-state index contributed by atoms with van der Waals surface area (Å²) in [6.45, 7) is 1.92. The number of rotatable bonds is 3. The first kappa shape index (κ1) is 15.9. The van der Waals surface area contributed by atoms with Gasteiger partial charge in [0.2, 0.25) is 0 Å². The fraction of sp³-hybridized carbons (Fsp3) is 0.688. The predicted molar refractivity (Wildman–Crippen MR) is 85.0 cm³/mol. The molecule has 22 heavy (non-hydrogen) atoms. The Morgan fingerprint density at radius 2 is 2.23 bits per heavy atom. The Labute approximate surface area is 135 Å². The van der Waals surface area contributed by atoms with Crippen molar-refractivity contribution in [2.24, 2.45) is 0 Å². The lowest BCUT2D eigenvalue weighted by molar-refractivity contribution is -0.174. The zero-order valence-electron chi connectivity index (χ0n) is 12.9. The maximum Gasteiger partial charge on any atom is 0.289 e. The number of furan rings is 1. The molecule has 1 N–H and O–H groups in total. The maximum absolute atomic E-state index is 12.5. The molecule has 6 heteroatoms. The van der Waals surface area contributed by atoms with Gasteiger partial charge in [-0.1, -0.05) is 0 Å². The van der Waals surface area contributed by atoms with Crippen molar-refractivity contribution in [2.45, 2.75) is 43.1 Å². The van der Waals surface area contributed by atoms with Crippen molar-refractivity contribution in [3.05, 3.63) is 23.7 Å². The van der Waals surface area contributed by atoms with E-state index in [9.17, 15) is 9.90 Å². The van der Waals surface area contributed by atoms with Gasteiger partial charge in [-0.15, -0.1) is 0 Å². The molecule has 2 saturated heterocycles. The van der Waals surface area contributed by atoms with Gasteiger partial charge in [0.25, 0.3) is 5.91 Å². The van der Waals surface area contributed by atoms with Crippen molar-refractivity contribution < 1.29 is 19.1 Å². The first-order valence-corrected chi connectivity index (χ1v) is 9.23. The number of aliphatic hydroxyl groups is 1. The molecule has 0 saturated carbocycles. The fourth-order valence-corrected chi connectivity index (χ4v) is 3.79. The number of nitrogens with zero attached hydrogens (tertiary/aromatic N) is 1. The fourth-order valence-electron chi connectivity index (χ4n) is 3.35. The first-order chi connectivity index (χ1) is 10.6. The summed E-state index contributed by atoms with van der Waals surface area (Å²) in [6.07, 6.45) is 4.69. The zero-order valence-corrected chi connectivity index (χ0v) is 13.7. The van der Waals surface area contributed by atoms with Gasteiger partial charge in [0.15, 0.2) is 5.76 Å². The third-order valence-electron chi connectivity index (χ3n) is 4.67. The second-order valence-electron chi connectivity index (χ2n) is 6.06. The van der Waals surface area contributed by atoms with E-state index in [-0.39, 0.29) is 5.91 Å². The van der Waals surface area contributed by atoms with Crippen LogP contribution in [0.25, 0.3) is 0 Å². The molecular formula is C16H23NO4S. The second kappa shape index (κ2) is 6.64. The summed E-state index contributed by atoms with van der Waals surface area (Å²) in [5, 5.41) is 10.2. The van der Waals surface area contributed by atoms with Gasteiger partial charge < -0.3 is 19.2 Å². The van der Waals surface area contributed by atoms with Gasteiger partial charge in [0.05, 0.1) is 17.5 Å². The Balaban J connectivity index is 1.61. The van der Waals surface area contributed by atoms with Crippen LogP contribution >= 0.6 is 11.8 Å². The molecule has 1 spiro atoms. The van der Waals surface area contributed by atoms with Crippen LogP contribution in [0.3, 0.4) is 0 Å². The van der Waals surface area contributed by atoms with Crippen LogP contribution in [0.5, 0.6) is 0 Å². The molecule has 122 valence electrons. The van der Waals surface area contributed by atoms with E-state index < -0.39 is 11.7 Å². The number of carbonyl (C=O) groups is 1. The van der Waals surface area contributed by atoms with Gasteiger partial charge in [0.1, 0.15) is 5.76 Å². The minimum absolute atomic E-state index is 0.0625. The highest BCUT2D eigenvalue weighted by Gasteiger charge is 2.44. The van der Waals surface area contributed by atoms with Gasteiger partial charge in [0, 0.05) is 19.7 Å². The van der Waals surface area contributed by atoms with Crippen LogP contribution < -0.4 is 0 Å². The van der Waals surface area contributed by atoms with Crippen LogP contribution in [-0.2, 0) is 10.5 Å². The molecule has 2 aliphatic rings. The highest BCUT2D eigenvalue weighted by molar-refractivity contribution is 7.97. The smallest absolute Gasteiger partial charge is 0.289 e. The number of hydrogen-bond acceptors (Lipinski definition) is 5. The summed E-state index contributed by atoms with van der Waals surface area (Å²) in [7, 11) is 0. The number of carbonyl (C=O) groups excluding carboxylic acids is 1. The Bertz CT molecular complexity index is 522. The lowest BCUT2D eigenvalue weighted by atomic mass is 9.82. The number of ether oxygens (including phenoxy) is 1. The SMILES string of the molecule is CSCc1ccc(C(=O)N2CCC3(CC2)OCCC[C@@H]3O)o1. The van der Waals surface area contributed by atoms with E-state index in [0.29, 0.717) is 38.3 Å². The third kappa shape index (κ3) is 3.05. The Morgan fingerprint density at radius 1 is 1.45 bits per heavy atom. The minimum atomic E-state index is -0.442. The van der Waals surface area contributed by atoms with Crippen LogP contribution in [0.1, 0.15) is 42.0 Å². The highest BCUT2D eigenvalue weighted by Crippen LogP contribution is 2.35. The Kier molecular flexibility index (Phi) is 4.80. The van der Waals surface area contributed by atoms with E-state index in [0.717, 1.165) is 24.4 Å². The van der Waals surface area contributed by atoms with Gasteiger partial charge >= 0.3 is 0 Å². The average Bonchev–Trinajstić information content (AvgIpc) is 3.00. The predicted octanol–water partition coefficient (Wildman–Crippen LogP) is 2.29. The summed E-state index contributed by atoms with van der Waals surface area (Å²) in [5.41, 5.74) is -0.442. The topological polar surface area (TPSA) is 62.9 Å². The van der Waals surface area contributed by atoms with Crippen molar-refractivity contribution in [2.75, 3.05) is 26.0 Å². The Morgan fingerprint density at radius 3 is 2.91 bits per heavy atom. The van der Waals surface area contributed by atoms with E-state index in [4.69, 9.17) is 9.15 Å². The molecule has 5 nitrogen and oxygen atoms in total. The molecule has 0 bridgehead atoms. The van der Waals surface area contributed by atoms with Crippen molar-refractivity contribution in [3.63, 3.8) is 0 Å². The molecule has 0 radical (unpaired) electrons. The third-order valence-corrected chi connectivity index (χ3v) is 5.25. The molecule has 1 aromatic rings. The summed E-state index contributed by atoms with van der Waals surface area (Å²) in [6, 6.07) is 3.62. The molecule has 0 aromatic carbocycles. The van der Waals surface area contributed by atoms with Crippen LogP contribution in [0, 0.1) is 0 Å². The number of hydrogen-bond donors (Lipinski definition) is 1. The van der Waals surface area contributed by atoms with Crippen LogP contribution in [0.4, 0.5) is 0 Å². The van der Waals surface area contributed by atoms with Crippen LogP contribution in [0.2, 0.25) is 0 Å². The van der Waals surface area contributed by atoms with E-state index in [1.54, 1.807) is 22.7 Å². The molecule has 3 rings (SSSR count). The van der Waals surface area contributed by atoms with E-state index in [2.05, 4.69) is 0 Å². The normalized spacial score (nSPS) is 24.6. The molecule has 2 aliphatic heterocycles. The summed E-state index contributed by atoms with van der Waals surface area (Å²) < 4.78 is 11.5. The number of amides is 1. The molecular weight excluding hydrogens is 302 g/mol. The molecule has 1 amide bonds. The van der Waals surface area contributed by atoms with Crippen molar-refractivity contribution >= 4 is 17.7 Å². The zero-order chi connectivity index (χ0) is 15.6. The highest BCUT2D eigenvalue weighted by atomic mass is 32.2. The number of likely N-dealkylation sites (tertiary alicyclic amines) is 1. The molecule has 3 heterocycles. The molecule has 1 atom stereocenters. The minimum Gasteiger partial charge on any atom is -0.455 e. The monoisotopic (exact) mass is 325 g/mol. The molecule has 0 unspecified atom stereocenters. The van der Waals surface area contributed by atoms with Crippen molar-refractivity contribution in [3.8, 4) is 0 Å². The van der Waals surface area contributed by atoms with Crippen molar-refractivity contribution in [1.29, 1.82) is 0 Å². The maximum atomic E-state index is 12.5. The average molecular weight is 325 g/mol.